The van der Waals surface area contributed by atoms with Crippen LogP contribution in [0, 0.1) is 0 Å². The fourth-order valence-corrected chi connectivity index (χ4v) is 4.00. The summed E-state index contributed by atoms with van der Waals surface area (Å²) in [6, 6.07) is 10.8. The molecule has 2 saturated heterocycles. The minimum Gasteiger partial charge on any atom is -0.379 e. The molecule has 30 heavy (non-hydrogen) atoms. The molecule has 7 heteroatoms. The minimum atomic E-state index is 0.866. The average Bonchev–Trinajstić information content (AvgIpc) is 2.79. The van der Waals surface area contributed by atoms with Crippen molar-refractivity contribution in [2.75, 3.05) is 85.2 Å². The van der Waals surface area contributed by atoms with Gasteiger partial charge in [-0.2, -0.15) is 0 Å². The summed E-state index contributed by atoms with van der Waals surface area (Å²) >= 11 is 0. The van der Waals surface area contributed by atoms with Crippen molar-refractivity contribution >= 4 is 5.96 Å². The van der Waals surface area contributed by atoms with Gasteiger partial charge < -0.3 is 15.4 Å². The van der Waals surface area contributed by atoms with Crippen LogP contribution >= 0.6 is 0 Å². The zero-order valence-electron chi connectivity index (χ0n) is 18.7. The van der Waals surface area contributed by atoms with Gasteiger partial charge in [0.15, 0.2) is 5.96 Å². The number of guanidine groups is 1. The van der Waals surface area contributed by atoms with Crippen molar-refractivity contribution in [2.45, 2.75) is 19.9 Å². The molecule has 0 aliphatic carbocycles. The molecule has 2 aliphatic heterocycles. The molecule has 2 N–H and O–H groups in total. The number of hydrogen-bond acceptors (Lipinski definition) is 5. The van der Waals surface area contributed by atoms with Crippen LogP contribution in [-0.2, 0) is 11.3 Å². The van der Waals surface area contributed by atoms with Gasteiger partial charge in [0.2, 0.25) is 0 Å². The van der Waals surface area contributed by atoms with E-state index in [0.717, 1.165) is 104 Å². The van der Waals surface area contributed by atoms with E-state index in [-0.39, 0.29) is 0 Å². The highest BCUT2D eigenvalue weighted by Gasteiger charge is 2.16. The van der Waals surface area contributed by atoms with E-state index in [1.165, 1.54) is 5.56 Å². The normalized spacial score (nSPS) is 19.7. The maximum atomic E-state index is 5.41. The molecule has 7 nitrogen and oxygen atoms in total. The van der Waals surface area contributed by atoms with Crippen molar-refractivity contribution in [3.8, 4) is 0 Å². The highest BCUT2D eigenvalue weighted by atomic mass is 16.5. The number of nitrogens with zero attached hydrogens (tertiary/aromatic N) is 4. The number of benzene rings is 1. The molecule has 0 aromatic heterocycles. The second-order valence-corrected chi connectivity index (χ2v) is 8.10. The summed E-state index contributed by atoms with van der Waals surface area (Å²) in [6.07, 6.45) is 1.10. The lowest BCUT2D eigenvalue weighted by Crippen LogP contribution is -2.49. The van der Waals surface area contributed by atoms with Gasteiger partial charge in [0, 0.05) is 78.5 Å². The zero-order chi connectivity index (χ0) is 20.9. The first kappa shape index (κ1) is 23.0. The number of nitrogens with one attached hydrogen (secondary N) is 2. The number of ether oxygens (including phenoxy) is 1. The average molecular weight is 417 g/mol. The molecular weight excluding hydrogens is 376 g/mol. The topological polar surface area (TPSA) is 55.4 Å². The van der Waals surface area contributed by atoms with Crippen LogP contribution in [0.2, 0.25) is 0 Å². The number of hydrogen-bond donors (Lipinski definition) is 2. The Labute approximate surface area is 182 Å². The van der Waals surface area contributed by atoms with Crippen molar-refractivity contribution in [3.63, 3.8) is 0 Å². The van der Waals surface area contributed by atoms with Crippen LogP contribution in [0.4, 0.5) is 0 Å². The Hall–Kier alpha value is -1.67. The van der Waals surface area contributed by atoms with Gasteiger partial charge in [-0.05, 0) is 18.9 Å². The molecule has 0 unspecified atom stereocenters. The summed E-state index contributed by atoms with van der Waals surface area (Å²) in [5.41, 5.74) is 1.41. The summed E-state index contributed by atoms with van der Waals surface area (Å²) in [4.78, 5) is 12.3. The first-order chi connectivity index (χ1) is 14.8. The molecule has 2 heterocycles. The fourth-order valence-electron chi connectivity index (χ4n) is 4.00. The molecule has 0 amide bonds. The molecule has 0 bridgehead atoms. The molecule has 1 aromatic rings. The van der Waals surface area contributed by atoms with Gasteiger partial charge >= 0.3 is 0 Å². The van der Waals surface area contributed by atoms with Gasteiger partial charge in [0.25, 0.3) is 0 Å². The van der Waals surface area contributed by atoms with Gasteiger partial charge in [-0.1, -0.05) is 30.3 Å². The Bertz CT molecular complexity index is 597. The molecule has 0 spiro atoms. The minimum absolute atomic E-state index is 0.866. The van der Waals surface area contributed by atoms with Gasteiger partial charge in [-0.15, -0.1) is 0 Å². The van der Waals surface area contributed by atoms with E-state index in [0.29, 0.717) is 0 Å². The van der Waals surface area contributed by atoms with Gasteiger partial charge in [-0.25, -0.2) is 0 Å². The summed E-state index contributed by atoms with van der Waals surface area (Å²) < 4.78 is 5.41. The van der Waals surface area contributed by atoms with Gasteiger partial charge in [0.1, 0.15) is 0 Å². The molecule has 0 atom stereocenters. The first-order valence-electron chi connectivity index (χ1n) is 11.6. The fraction of sp³-hybridized carbons (Fsp3) is 0.696. The van der Waals surface area contributed by atoms with Crippen molar-refractivity contribution < 1.29 is 4.74 Å². The van der Waals surface area contributed by atoms with Crippen LogP contribution in [0.5, 0.6) is 0 Å². The highest BCUT2D eigenvalue weighted by Crippen LogP contribution is 2.08. The predicted molar refractivity (Wildman–Crippen MR) is 124 cm³/mol. The van der Waals surface area contributed by atoms with Crippen LogP contribution in [0.25, 0.3) is 0 Å². The number of aliphatic imine (C=N–C) groups is 1. The summed E-state index contributed by atoms with van der Waals surface area (Å²) in [6.45, 7) is 16.5. The van der Waals surface area contributed by atoms with Crippen LogP contribution in [0.1, 0.15) is 18.9 Å². The molecule has 2 fully saturated rings. The van der Waals surface area contributed by atoms with Gasteiger partial charge in [-0.3, -0.25) is 19.7 Å². The van der Waals surface area contributed by atoms with E-state index >= 15 is 0 Å². The molecule has 168 valence electrons. The quantitative estimate of drug-likeness (QED) is 0.338. The largest absolute Gasteiger partial charge is 0.379 e. The Balaban J connectivity index is 1.28. The lowest BCUT2D eigenvalue weighted by molar-refractivity contribution is 0.0377. The summed E-state index contributed by atoms with van der Waals surface area (Å²) in [7, 11) is 0. The number of piperazine rings is 1. The molecular formula is C23H40N6O. The molecule has 0 radical (unpaired) electrons. The van der Waals surface area contributed by atoms with Crippen molar-refractivity contribution in [2.24, 2.45) is 4.99 Å². The monoisotopic (exact) mass is 416 g/mol. The Morgan fingerprint density at radius 2 is 1.60 bits per heavy atom. The van der Waals surface area contributed by atoms with Crippen molar-refractivity contribution in [1.29, 1.82) is 0 Å². The second-order valence-electron chi connectivity index (χ2n) is 8.10. The Kier molecular flexibility index (Phi) is 10.4. The summed E-state index contributed by atoms with van der Waals surface area (Å²) in [5.74, 6) is 0.946. The van der Waals surface area contributed by atoms with Crippen molar-refractivity contribution in [3.05, 3.63) is 35.9 Å². The molecule has 0 saturated carbocycles. The van der Waals surface area contributed by atoms with E-state index in [2.05, 4.69) is 62.6 Å². The van der Waals surface area contributed by atoms with Crippen LogP contribution in [-0.4, -0.2) is 106 Å². The standard InChI is InChI=1S/C23H40N6O/c1-2-24-23(25-9-6-11-27-17-19-30-20-18-27)26-10-12-28-13-15-29(16-14-28)21-22-7-4-3-5-8-22/h3-5,7-8H,2,6,9-21H2,1H3,(H2,24,25,26). The lowest BCUT2D eigenvalue weighted by atomic mass is 10.2. The highest BCUT2D eigenvalue weighted by molar-refractivity contribution is 5.79. The third kappa shape index (κ3) is 8.60. The van der Waals surface area contributed by atoms with Crippen LogP contribution in [0.3, 0.4) is 0 Å². The Morgan fingerprint density at radius 3 is 2.33 bits per heavy atom. The maximum absolute atomic E-state index is 5.41. The smallest absolute Gasteiger partial charge is 0.191 e. The third-order valence-corrected chi connectivity index (χ3v) is 5.78. The third-order valence-electron chi connectivity index (χ3n) is 5.78. The Morgan fingerprint density at radius 1 is 0.900 bits per heavy atom. The predicted octanol–water partition coefficient (Wildman–Crippen LogP) is 1.08. The van der Waals surface area contributed by atoms with Crippen molar-refractivity contribution in [1.82, 2.24) is 25.3 Å². The van der Waals surface area contributed by atoms with E-state index in [9.17, 15) is 0 Å². The van der Waals surface area contributed by atoms with Crippen LogP contribution in [0.15, 0.2) is 35.3 Å². The van der Waals surface area contributed by atoms with E-state index in [4.69, 9.17) is 9.73 Å². The SMILES string of the molecule is CCNC(=NCCCN1CCOCC1)NCCN1CCN(Cc2ccccc2)CC1. The zero-order valence-corrected chi connectivity index (χ0v) is 18.7. The van der Waals surface area contributed by atoms with E-state index in [1.54, 1.807) is 0 Å². The second kappa shape index (κ2) is 13.6. The first-order valence-corrected chi connectivity index (χ1v) is 11.6. The maximum Gasteiger partial charge on any atom is 0.191 e. The number of rotatable bonds is 10. The molecule has 2 aliphatic rings. The van der Waals surface area contributed by atoms with Crippen LogP contribution < -0.4 is 10.6 Å². The van der Waals surface area contributed by atoms with Gasteiger partial charge in [0.05, 0.1) is 13.2 Å². The van der Waals surface area contributed by atoms with E-state index in [1.807, 2.05) is 0 Å². The molecule has 1 aromatic carbocycles. The number of morpholine rings is 1. The summed E-state index contributed by atoms with van der Waals surface area (Å²) in [5, 5.41) is 6.88. The van der Waals surface area contributed by atoms with E-state index < -0.39 is 0 Å². The molecule has 3 rings (SSSR count). The lowest BCUT2D eigenvalue weighted by Gasteiger charge is -2.34.